The molecule has 0 radical (unpaired) electrons. The molecule has 6 heteroatoms. The first-order valence-electron chi connectivity index (χ1n) is 7.12. The summed E-state index contributed by atoms with van der Waals surface area (Å²) >= 11 is 1.82. The van der Waals surface area contributed by atoms with Crippen molar-refractivity contribution >= 4 is 22.9 Å². The maximum Gasteiger partial charge on any atom is 0.238 e. The number of carbonyl (C=O) groups excluding carboxylic acids is 1. The lowest BCUT2D eigenvalue weighted by molar-refractivity contribution is -0.117. The van der Waals surface area contributed by atoms with Gasteiger partial charge in [0.25, 0.3) is 0 Å². The van der Waals surface area contributed by atoms with Crippen molar-refractivity contribution in [2.45, 2.75) is 26.8 Å². The molecule has 0 unspecified atom stereocenters. The zero-order valence-corrected chi connectivity index (χ0v) is 13.5. The first-order valence-corrected chi connectivity index (χ1v) is 8.00. The first kappa shape index (κ1) is 14.3. The van der Waals surface area contributed by atoms with Gasteiger partial charge in [-0.1, -0.05) is 0 Å². The summed E-state index contributed by atoms with van der Waals surface area (Å²) in [6, 6.07) is 2.17. The number of aryl methyl sites for hydroxylation is 2. The van der Waals surface area contributed by atoms with Crippen LogP contribution in [0, 0.1) is 13.8 Å². The van der Waals surface area contributed by atoms with Crippen LogP contribution in [0.2, 0.25) is 0 Å². The predicted molar refractivity (Wildman–Crippen MR) is 84.6 cm³/mol. The Kier molecular flexibility index (Phi) is 3.82. The number of carbonyl (C=O) groups is 1. The number of aromatic nitrogens is 2. The molecule has 112 valence electrons. The molecule has 0 spiro atoms. The molecule has 5 nitrogen and oxygen atoms in total. The third-order valence-electron chi connectivity index (χ3n) is 4.03. The molecule has 1 amide bonds. The maximum atomic E-state index is 12.3. The summed E-state index contributed by atoms with van der Waals surface area (Å²) in [6.07, 6.45) is 1.05. The van der Waals surface area contributed by atoms with E-state index in [4.69, 9.17) is 0 Å². The van der Waals surface area contributed by atoms with Crippen LogP contribution in [0.25, 0.3) is 0 Å². The number of thiophene rings is 1. The Morgan fingerprint density at radius 2 is 2.29 bits per heavy atom. The highest BCUT2D eigenvalue weighted by Crippen LogP contribution is 2.24. The number of anilines is 1. The van der Waals surface area contributed by atoms with E-state index in [1.54, 1.807) is 4.68 Å². The average molecular weight is 304 g/mol. The van der Waals surface area contributed by atoms with E-state index >= 15 is 0 Å². The summed E-state index contributed by atoms with van der Waals surface area (Å²) in [5, 5.41) is 9.46. The van der Waals surface area contributed by atoms with E-state index in [0.717, 1.165) is 36.6 Å². The van der Waals surface area contributed by atoms with Crippen LogP contribution < -0.4 is 5.32 Å². The quantitative estimate of drug-likeness (QED) is 0.945. The van der Waals surface area contributed by atoms with Gasteiger partial charge in [-0.15, -0.1) is 11.3 Å². The van der Waals surface area contributed by atoms with E-state index in [0.29, 0.717) is 6.54 Å². The number of hydrogen-bond acceptors (Lipinski definition) is 4. The van der Waals surface area contributed by atoms with Crippen molar-refractivity contribution in [1.82, 2.24) is 14.7 Å². The van der Waals surface area contributed by atoms with Gasteiger partial charge in [0.1, 0.15) is 0 Å². The molecule has 0 saturated carbocycles. The van der Waals surface area contributed by atoms with Gasteiger partial charge in [-0.3, -0.25) is 14.4 Å². The summed E-state index contributed by atoms with van der Waals surface area (Å²) in [4.78, 5) is 15.9. The maximum absolute atomic E-state index is 12.3. The molecule has 0 aliphatic carbocycles. The molecule has 1 aliphatic rings. The van der Waals surface area contributed by atoms with Crippen LogP contribution >= 0.6 is 11.3 Å². The first-order chi connectivity index (χ1) is 10.0. The monoisotopic (exact) mass is 304 g/mol. The van der Waals surface area contributed by atoms with Crippen LogP contribution in [0.15, 0.2) is 11.4 Å². The highest BCUT2D eigenvalue weighted by molar-refractivity contribution is 7.10. The van der Waals surface area contributed by atoms with Crippen LogP contribution in [-0.2, 0) is 24.8 Å². The fraction of sp³-hybridized carbons (Fsp3) is 0.467. The van der Waals surface area contributed by atoms with E-state index in [-0.39, 0.29) is 5.91 Å². The Morgan fingerprint density at radius 1 is 1.48 bits per heavy atom. The van der Waals surface area contributed by atoms with Gasteiger partial charge in [-0.25, -0.2) is 0 Å². The topological polar surface area (TPSA) is 50.2 Å². The van der Waals surface area contributed by atoms with E-state index in [1.165, 1.54) is 10.4 Å². The largest absolute Gasteiger partial charge is 0.322 e. The molecule has 0 saturated heterocycles. The predicted octanol–water partition coefficient (Wildman–Crippen LogP) is 2.10. The third kappa shape index (κ3) is 2.87. The van der Waals surface area contributed by atoms with Crippen LogP contribution in [0.1, 0.15) is 21.8 Å². The van der Waals surface area contributed by atoms with Gasteiger partial charge in [0.2, 0.25) is 5.91 Å². The minimum atomic E-state index is 0.0351. The molecule has 0 fully saturated rings. The number of nitrogens with one attached hydrogen (secondary N) is 1. The SMILES string of the molecule is Cc1nn(C)c(C)c1NC(=O)CN1CCc2sccc2C1. The van der Waals surface area contributed by atoms with Crippen LogP contribution in [0.3, 0.4) is 0 Å². The Balaban J connectivity index is 1.62. The molecule has 21 heavy (non-hydrogen) atoms. The zero-order valence-electron chi connectivity index (χ0n) is 12.6. The number of fused-ring (bicyclic) bond motifs is 1. The second-order valence-electron chi connectivity index (χ2n) is 5.55. The van der Waals surface area contributed by atoms with Crippen molar-refractivity contribution in [3.05, 3.63) is 33.3 Å². The van der Waals surface area contributed by atoms with Gasteiger partial charge in [0, 0.05) is 25.0 Å². The van der Waals surface area contributed by atoms with Crippen LogP contribution in [0.5, 0.6) is 0 Å². The minimum absolute atomic E-state index is 0.0351. The normalized spacial score (nSPS) is 15.0. The van der Waals surface area contributed by atoms with Crippen molar-refractivity contribution in [3.8, 4) is 0 Å². The fourth-order valence-corrected chi connectivity index (χ4v) is 3.67. The lowest BCUT2D eigenvalue weighted by Crippen LogP contribution is -2.36. The number of nitrogens with zero attached hydrogens (tertiary/aromatic N) is 3. The Morgan fingerprint density at radius 3 is 3.00 bits per heavy atom. The van der Waals surface area contributed by atoms with Gasteiger partial charge in [-0.2, -0.15) is 5.10 Å². The van der Waals surface area contributed by atoms with Crippen molar-refractivity contribution < 1.29 is 4.79 Å². The number of amides is 1. The van der Waals surface area contributed by atoms with E-state index < -0.39 is 0 Å². The third-order valence-corrected chi connectivity index (χ3v) is 5.05. The molecule has 1 aliphatic heterocycles. The van der Waals surface area contributed by atoms with Gasteiger partial charge >= 0.3 is 0 Å². The number of hydrogen-bond donors (Lipinski definition) is 1. The molecule has 0 aromatic carbocycles. The Labute approximate surface area is 128 Å². The second-order valence-corrected chi connectivity index (χ2v) is 6.55. The molecular formula is C15H20N4OS. The lowest BCUT2D eigenvalue weighted by atomic mass is 10.1. The minimum Gasteiger partial charge on any atom is -0.322 e. The standard InChI is InChI=1S/C15H20N4OS/c1-10-15(11(2)18(3)17-10)16-14(20)9-19-6-4-13-12(8-19)5-7-21-13/h5,7H,4,6,8-9H2,1-3H3,(H,16,20). The van der Waals surface area contributed by atoms with Crippen molar-refractivity contribution in [2.75, 3.05) is 18.4 Å². The Bertz CT molecular complexity index is 673. The lowest BCUT2D eigenvalue weighted by Gasteiger charge is -2.26. The summed E-state index contributed by atoms with van der Waals surface area (Å²) in [5.41, 5.74) is 4.06. The molecule has 3 rings (SSSR count). The average Bonchev–Trinajstić information content (AvgIpc) is 2.99. The Hall–Kier alpha value is -1.66. The summed E-state index contributed by atoms with van der Waals surface area (Å²) in [5.74, 6) is 0.0351. The number of rotatable bonds is 3. The molecule has 1 N–H and O–H groups in total. The second kappa shape index (κ2) is 5.61. The van der Waals surface area contributed by atoms with E-state index in [2.05, 4.69) is 26.8 Å². The summed E-state index contributed by atoms with van der Waals surface area (Å²) in [6.45, 7) is 6.14. The van der Waals surface area contributed by atoms with E-state index in [1.807, 2.05) is 32.2 Å². The molecule has 0 bridgehead atoms. The molecule has 0 atom stereocenters. The van der Waals surface area contributed by atoms with E-state index in [9.17, 15) is 4.79 Å². The smallest absolute Gasteiger partial charge is 0.238 e. The summed E-state index contributed by atoms with van der Waals surface area (Å²) in [7, 11) is 1.89. The molecule has 2 aromatic rings. The molecule has 2 aromatic heterocycles. The summed E-state index contributed by atoms with van der Waals surface area (Å²) < 4.78 is 1.80. The highest BCUT2D eigenvalue weighted by Gasteiger charge is 2.20. The molecular weight excluding hydrogens is 284 g/mol. The van der Waals surface area contributed by atoms with Gasteiger partial charge < -0.3 is 5.32 Å². The van der Waals surface area contributed by atoms with Crippen molar-refractivity contribution in [2.24, 2.45) is 7.05 Å². The van der Waals surface area contributed by atoms with Crippen LogP contribution in [0.4, 0.5) is 5.69 Å². The van der Waals surface area contributed by atoms with Crippen LogP contribution in [-0.4, -0.2) is 33.7 Å². The van der Waals surface area contributed by atoms with Gasteiger partial charge in [-0.05, 0) is 37.3 Å². The fourth-order valence-electron chi connectivity index (χ4n) is 2.78. The van der Waals surface area contributed by atoms with Crippen molar-refractivity contribution in [3.63, 3.8) is 0 Å². The van der Waals surface area contributed by atoms with Gasteiger partial charge in [0.05, 0.1) is 23.6 Å². The highest BCUT2D eigenvalue weighted by atomic mass is 32.1. The van der Waals surface area contributed by atoms with Crippen molar-refractivity contribution in [1.29, 1.82) is 0 Å². The van der Waals surface area contributed by atoms with Gasteiger partial charge in [0.15, 0.2) is 0 Å². The zero-order chi connectivity index (χ0) is 15.0. The molecule has 3 heterocycles.